The normalized spacial score (nSPS) is 29.7. The minimum absolute atomic E-state index is 0.146. The molecule has 2 atom stereocenters. The molecule has 0 aromatic carbocycles. The van der Waals surface area contributed by atoms with Crippen LogP contribution in [0.4, 0.5) is 0 Å². The third-order valence-corrected chi connectivity index (χ3v) is 4.75. The molecule has 10 nitrogen and oxygen atoms in total. The van der Waals surface area contributed by atoms with Gasteiger partial charge in [-0.25, -0.2) is 9.63 Å². The van der Waals surface area contributed by atoms with Crippen molar-refractivity contribution < 1.29 is 50.1 Å². The van der Waals surface area contributed by atoms with Gasteiger partial charge < -0.3 is 35.4 Å². The van der Waals surface area contributed by atoms with Crippen molar-refractivity contribution in [3.05, 3.63) is 11.5 Å². The van der Waals surface area contributed by atoms with E-state index in [0.29, 0.717) is 6.61 Å². The zero-order valence-electron chi connectivity index (χ0n) is 17.9. The summed E-state index contributed by atoms with van der Waals surface area (Å²) in [7, 11) is 0. The number of hydroxylamine groups is 2. The van der Waals surface area contributed by atoms with Crippen LogP contribution in [0.15, 0.2) is 11.5 Å². The molecule has 0 radical (unpaired) electrons. The minimum Gasteiger partial charge on any atom is -0.865 e. The highest BCUT2D eigenvalue weighted by molar-refractivity contribution is 5.88. The molecule has 2 rings (SSSR count). The summed E-state index contributed by atoms with van der Waals surface area (Å²) in [5.41, 5.74) is -1.12. The number of aliphatic hydroxyl groups excluding tert-OH is 4. The van der Waals surface area contributed by atoms with Crippen LogP contribution in [0.25, 0.3) is 0 Å². The average Bonchev–Trinajstić information content (AvgIpc) is 2.78. The molecular weight excluding hydrogens is 386 g/mol. The zero-order chi connectivity index (χ0) is 22.8. The fraction of sp³-hybridized carbons (Fsp3) is 0.842. The zero-order valence-corrected chi connectivity index (χ0v) is 17.9. The van der Waals surface area contributed by atoms with E-state index in [2.05, 4.69) is 32.4 Å². The Morgan fingerprint density at radius 1 is 1.28 bits per heavy atom. The standard InChI is InChI=1S/C13H27NO3.C6H8O6/c1-11(2)7-10(15)8-12(3,4)14(11)17-9-13(5,6)16;7-1-2(8)5-3(9)4(10)6(11)12-5/h10,15-16H,7-9H2,1-6H3;2,5,7-10H,1H2/t;2-,5+/m.0/s1. The van der Waals surface area contributed by atoms with Crippen LogP contribution in [0.2, 0.25) is 0 Å². The van der Waals surface area contributed by atoms with E-state index in [1.807, 2.05) is 0 Å². The van der Waals surface area contributed by atoms with Gasteiger partial charge in [-0.1, -0.05) is 0 Å². The molecule has 0 amide bonds. The summed E-state index contributed by atoms with van der Waals surface area (Å²) in [6.45, 7) is 11.5. The Morgan fingerprint density at radius 3 is 2.10 bits per heavy atom. The van der Waals surface area contributed by atoms with Gasteiger partial charge in [0.1, 0.15) is 29.5 Å². The first-order valence-corrected chi connectivity index (χ1v) is 9.53. The summed E-state index contributed by atoms with van der Waals surface area (Å²) < 4.78 is 4.25. The van der Waals surface area contributed by atoms with Crippen LogP contribution < -0.4 is 10.2 Å². The number of carbonyl (C=O) groups is 1. The van der Waals surface area contributed by atoms with Gasteiger partial charge >= 0.3 is 5.97 Å². The maximum atomic E-state index is 10.6. The first kappa shape index (κ1) is 25.6. The summed E-state index contributed by atoms with van der Waals surface area (Å²) >= 11 is 0. The molecule has 0 bridgehead atoms. The molecule has 2 aliphatic heterocycles. The molecule has 0 spiro atoms. The number of carbonyl (C=O) groups excluding carboxylic acids is 1. The predicted molar refractivity (Wildman–Crippen MR) is 99.2 cm³/mol. The SMILES string of the molecule is CC(C)(O)CO[NH+]1C(C)(C)CC(O)CC1(C)C.O=C1O[C@H]([C@@H](O)CO)C(O)=C1[O-]. The van der Waals surface area contributed by atoms with E-state index in [-0.39, 0.29) is 17.2 Å². The molecule has 0 aromatic rings. The van der Waals surface area contributed by atoms with Crippen LogP contribution in [0.5, 0.6) is 0 Å². The highest BCUT2D eigenvalue weighted by Crippen LogP contribution is 2.24. The molecule has 0 unspecified atom stereocenters. The fourth-order valence-corrected chi connectivity index (χ4v) is 3.81. The number of esters is 1. The highest BCUT2D eigenvalue weighted by Gasteiger charge is 2.51. The second kappa shape index (κ2) is 9.15. The third-order valence-electron chi connectivity index (χ3n) is 4.75. The Labute approximate surface area is 170 Å². The predicted octanol–water partition coefficient (Wildman–Crippen LogP) is -2.32. The van der Waals surface area contributed by atoms with Crippen molar-refractivity contribution in [2.75, 3.05) is 13.2 Å². The monoisotopic (exact) mass is 421 g/mol. The molecule has 2 heterocycles. The van der Waals surface area contributed by atoms with Gasteiger partial charge in [0.2, 0.25) is 0 Å². The summed E-state index contributed by atoms with van der Waals surface area (Å²) in [6.07, 6.45) is -1.71. The molecule has 1 fully saturated rings. The van der Waals surface area contributed by atoms with E-state index in [9.17, 15) is 20.1 Å². The third kappa shape index (κ3) is 6.80. The smallest absolute Gasteiger partial charge is 0.327 e. The lowest BCUT2D eigenvalue weighted by Gasteiger charge is -2.48. The van der Waals surface area contributed by atoms with Crippen molar-refractivity contribution in [2.24, 2.45) is 0 Å². The van der Waals surface area contributed by atoms with E-state index in [1.54, 1.807) is 13.8 Å². The van der Waals surface area contributed by atoms with Gasteiger partial charge in [0.05, 0.1) is 18.3 Å². The lowest BCUT2D eigenvalue weighted by Crippen LogP contribution is -3.26. The number of cyclic esters (lactones) is 1. The van der Waals surface area contributed by atoms with Crippen molar-refractivity contribution in [2.45, 2.75) is 89.4 Å². The Balaban J connectivity index is 0.000000308. The lowest BCUT2D eigenvalue weighted by atomic mass is 9.80. The van der Waals surface area contributed by atoms with Crippen molar-refractivity contribution in [3.63, 3.8) is 0 Å². The van der Waals surface area contributed by atoms with Crippen molar-refractivity contribution in [3.8, 4) is 0 Å². The van der Waals surface area contributed by atoms with E-state index < -0.39 is 41.9 Å². The molecule has 170 valence electrons. The van der Waals surface area contributed by atoms with Gasteiger partial charge in [-0.2, -0.15) is 5.06 Å². The van der Waals surface area contributed by atoms with E-state index in [1.165, 1.54) is 0 Å². The molecule has 10 heteroatoms. The van der Waals surface area contributed by atoms with Gasteiger partial charge in [-0.15, -0.1) is 0 Å². The molecule has 1 saturated heterocycles. The van der Waals surface area contributed by atoms with E-state index in [0.717, 1.165) is 17.9 Å². The number of piperidine rings is 1. The van der Waals surface area contributed by atoms with E-state index in [4.69, 9.17) is 20.2 Å². The Hall–Kier alpha value is -1.43. The van der Waals surface area contributed by atoms with Gasteiger partial charge in [0.15, 0.2) is 6.10 Å². The van der Waals surface area contributed by atoms with Crippen molar-refractivity contribution >= 4 is 5.97 Å². The Kier molecular flexibility index (Phi) is 8.08. The second-order valence-electron chi connectivity index (χ2n) is 9.55. The van der Waals surface area contributed by atoms with Crippen LogP contribution in [-0.2, 0) is 14.4 Å². The fourth-order valence-electron chi connectivity index (χ4n) is 3.81. The summed E-state index contributed by atoms with van der Waals surface area (Å²) in [5, 5.41) is 57.4. The molecule has 0 saturated carbocycles. The van der Waals surface area contributed by atoms with Crippen LogP contribution in [-0.4, -0.2) is 79.7 Å². The van der Waals surface area contributed by atoms with Crippen LogP contribution in [0.1, 0.15) is 54.4 Å². The molecule has 0 aromatic heterocycles. The number of hydrogen-bond donors (Lipinski definition) is 6. The second-order valence-corrected chi connectivity index (χ2v) is 9.55. The average molecular weight is 421 g/mol. The number of aliphatic hydroxyl groups is 5. The van der Waals surface area contributed by atoms with Crippen LogP contribution in [0.3, 0.4) is 0 Å². The van der Waals surface area contributed by atoms with Gasteiger partial charge in [0, 0.05) is 18.6 Å². The number of ether oxygens (including phenoxy) is 1. The van der Waals surface area contributed by atoms with Crippen LogP contribution >= 0.6 is 0 Å². The topological polar surface area (TPSA) is 164 Å². The van der Waals surface area contributed by atoms with Gasteiger partial charge in [0.25, 0.3) is 0 Å². The van der Waals surface area contributed by atoms with Crippen molar-refractivity contribution in [1.82, 2.24) is 0 Å². The first-order chi connectivity index (χ1) is 13.0. The molecule has 29 heavy (non-hydrogen) atoms. The van der Waals surface area contributed by atoms with Crippen LogP contribution in [0, 0.1) is 0 Å². The quantitative estimate of drug-likeness (QED) is 0.267. The number of quaternary nitrogens is 1. The first-order valence-electron chi connectivity index (χ1n) is 9.53. The number of nitrogens with one attached hydrogen (secondary N) is 1. The Bertz CT molecular complexity index is 591. The number of hydrogen-bond acceptors (Lipinski definition) is 9. The van der Waals surface area contributed by atoms with Gasteiger partial charge in [-0.05, 0) is 41.5 Å². The Morgan fingerprint density at radius 2 is 1.76 bits per heavy atom. The highest BCUT2D eigenvalue weighted by atomic mass is 16.7. The summed E-state index contributed by atoms with van der Waals surface area (Å²) in [4.78, 5) is 16.4. The molecule has 0 aliphatic carbocycles. The van der Waals surface area contributed by atoms with Gasteiger partial charge in [-0.3, -0.25) is 0 Å². The lowest BCUT2D eigenvalue weighted by molar-refractivity contribution is -1.17. The molecule has 2 aliphatic rings. The molecular formula is C19H35NO9. The minimum atomic E-state index is -1.46. The molecule has 6 N–H and O–H groups in total. The summed E-state index contributed by atoms with van der Waals surface area (Å²) in [6, 6.07) is 0. The largest absolute Gasteiger partial charge is 0.865 e. The van der Waals surface area contributed by atoms with Crippen molar-refractivity contribution in [1.29, 1.82) is 0 Å². The maximum absolute atomic E-state index is 10.6. The number of rotatable bonds is 5. The maximum Gasteiger partial charge on any atom is 0.327 e. The summed E-state index contributed by atoms with van der Waals surface area (Å²) in [5.74, 6) is -3.25. The van der Waals surface area contributed by atoms with E-state index >= 15 is 0 Å².